The molecule has 6 atom stereocenters. The lowest BCUT2D eigenvalue weighted by Gasteiger charge is -2.56. The fourth-order valence-corrected chi connectivity index (χ4v) is 5.60. The molecule has 9 heteroatoms. The SMILES string of the molecule is CC1=C(C)N2C=C(C(=O)O)C(=O)C3C(F)C(F)C(N4CCN(C5CC5)CC4)C(O1)C32. The number of rotatable bonds is 3. The van der Waals surface area contributed by atoms with Crippen LogP contribution in [0, 0.1) is 5.92 Å². The van der Waals surface area contributed by atoms with Crippen LogP contribution in [0.15, 0.2) is 23.2 Å². The number of allylic oxidation sites excluding steroid dienone is 2. The van der Waals surface area contributed by atoms with Gasteiger partial charge in [-0.05, 0) is 26.7 Å². The number of hydrogen-bond donors (Lipinski definition) is 1. The molecular formula is C21H27F2N3O4. The lowest BCUT2D eigenvalue weighted by Crippen LogP contribution is -2.72. The van der Waals surface area contributed by atoms with E-state index in [0.29, 0.717) is 30.6 Å². The standard InChI is InChI=1S/C21H27F2N3O4/c1-10-11(2)30-20-17-14(19(27)13(21(28)29)9-26(10)17)15(22)16(23)18(20)25-7-5-24(6-8-25)12-3-4-12/h9,12,14-18,20H,3-8H2,1-2H3,(H,28,29). The van der Waals surface area contributed by atoms with E-state index in [-0.39, 0.29) is 0 Å². The number of carbonyl (C=O) groups is 2. The second-order valence-electron chi connectivity index (χ2n) is 9.04. The normalized spacial score (nSPS) is 40.1. The highest BCUT2D eigenvalue weighted by molar-refractivity contribution is 6.18. The highest BCUT2D eigenvalue weighted by Crippen LogP contribution is 2.46. The Bertz CT molecular complexity index is 834. The number of alkyl halides is 2. The van der Waals surface area contributed by atoms with Gasteiger partial charge in [-0.1, -0.05) is 0 Å². The maximum Gasteiger partial charge on any atom is 0.340 e. The first kappa shape index (κ1) is 19.9. The first-order valence-electron chi connectivity index (χ1n) is 10.7. The van der Waals surface area contributed by atoms with Crippen LogP contribution in [0.2, 0.25) is 0 Å². The molecule has 3 heterocycles. The van der Waals surface area contributed by atoms with E-state index in [0.717, 1.165) is 13.1 Å². The zero-order valence-electron chi connectivity index (χ0n) is 17.1. The van der Waals surface area contributed by atoms with Crippen LogP contribution in [0.25, 0.3) is 0 Å². The Hall–Kier alpha value is -2.00. The molecule has 0 aromatic rings. The summed E-state index contributed by atoms with van der Waals surface area (Å²) in [4.78, 5) is 30.4. The average Bonchev–Trinajstić information content (AvgIpc) is 3.55. The van der Waals surface area contributed by atoms with Crippen molar-refractivity contribution < 1.29 is 28.2 Å². The second-order valence-corrected chi connectivity index (χ2v) is 9.04. The van der Waals surface area contributed by atoms with E-state index in [1.54, 1.807) is 18.7 Å². The van der Waals surface area contributed by atoms with Gasteiger partial charge in [0.2, 0.25) is 0 Å². The fraction of sp³-hybridized carbons (Fsp3) is 0.714. The fourth-order valence-electron chi connectivity index (χ4n) is 5.60. The molecule has 1 N–H and O–H groups in total. The molecule has 5 aliphatic rings. The number of carboxylic acid groups (broad SMARTS) is 1. The minimum atomic E-state index is -2.08. The number of Topliss-reactive ketones (excluding diaryl/α,β-unsaturated/α-hetero) is 1. The van der Waals surface area contributed by atoms with Gasteiger partial charge in [0.05, 0.1) is 23.7 Å². The molecule has 164 valence electrons. The molecule has 0 amide bonds. The van der Waals surface area contributed by atoms with E-state index < -0.39 is 53.8 Å². The van der Waals surface area contributed by atoms with Gasteiger partial charge >= 0.3 is 5.97 Å². The van der Waals surface area contributed by atoms with E-state index in [1.165, 1.54) is 19.0 Å². The van der Waals surface area contributed by atoms with Gasteiger partial charge in [-0.15, -0.1) is 0 Å². The van der Waals surface area contributed by atoms with Crippen molar-refractivity contribution in [1.82, 2.24) is 14.7 Å². The van der Waals surface area contributed by atoms with Gasteiger partial charge in [0.15, 0.2) is 12.0 Å². The van der Waals surface area contributed by atoms with Gasteiger partial charge < -0.3 is 14.7 Å². The van der Waals surface area contributed by atoms with Crippen molar-refractivity contribution in [3.63, 3.8) is 0 Å². The smallest absolute Gasteiger partial charge is 0.340 e. The highest BCUT2D eigenvalue weighted by Gasteiger charge is 2.62. The predicted octanol–water partition coefficient (Wildman–Crippen LogP) is 1.31. The van der Waals surface area contributed by atoms with Crippen LogP contribution in [-0.2, 0) is 14.3 Å². The summed E-state index contributed by atoms with van der Waals surface area (Å²) in [6.07, 6.45) is -1.07. The Labute approximate surface area is 173 Å². The molecule has 0 radical (unpaired) electrons. The molecular weight excluding hydrogens is 396 g/mol. The molecule has 5 rings (SSSR count). The Balaban J connectivity index is 1.50. The highest BCUT2D eigenvalue weighted by atomic mass is 19.2. The van der Waals surface area contributed by atoms with Crippen molar-refractivity contribution in [1.29, 1.82) is 0 Å². The van der Waals surface area contributed by atoms with Crippen molar-refractivity contribution >= 4 is 11.8 Å². The first-order valence-corrected chi connectivity index (χ1v) is 10.7. The quantitative estimate of drug-likeness (QED) is 0.687. The summed E-state index contributed by atoms with van der Waals surface area (Å²) in [6, 6.07) is -0.943. The van der Waals surface area contributed by atoms with Gasteiger partial charge in [-0.3, -0.25) is 14.6 Å². The van der Waals surface area contributed by atoms with Crippen LogP contribution in [0.5, 0.6) is 0 Å². The molecule has 7 nitrogen and oxygen atoms in total. The molecule has 2 aliphatic carbocycles. The summed E-state index contributed by atoms with van der Waals surface area (Å²) in [7, 11) is 0. The number of piperazine rings is 1. The van der Waals surface area contributed by atoms with E-state index in [9.17, 15) is 14.7 Å². The average molecular weight is 423 g/mol. The minimum absolute atomic E-state index is 0.504. The maximum atomic E-state index is 15.5. The summed E-state index contributed by atoms with van der Waals surface area (Å²) in [5.74, 6) is -3.13. The van der Waals surface area contributed by atoms with Crippen molar-refractivity contribution in [3.8, 4) is 0 Å². The largest absolute Gasteiger partial charge is 0.489 e. The molecule has 1 saturated heterocycles. The third kappa shape index (κ3) is 2.89. The van der Waals surface area contributed by atoms with Crippen LogP contribution in [0.4, 0.5) is 8.78 Å². The first-order chi connectivity index (χ1) is 14.3. The van der Waals surface area contributed by atoms with Crippen LogP contribution in [0.3, 0.4) is 0 Å². The Morgan fingerprint density at radius 2 is 1.70 bits per heavy atom. The molecule has 0 aromatic heterocycles. The zero-order chi connectivity index (χ0) is 21.3. The summed E-state index contributed by atoms with van der Waals surface area (Å²) < 4.78 is 37.0. The van der Waals surface area contributed by atoms with Crippen molar-refractivity contribution in [2.45, 2.75) is 63.3 Å². The number of carboxylic acids is 1. The summed E-state index contributed by atoms with van der Waals surface area (Å²) in [5.41, 5.74) is 0.115. The number of carbonyl (C=O) groups excluding carboxylic acids is 1. The topological polar surface area (TPSA) is 73.3 Å². The molecule has 0 aromatic carbocycles. The van der Waals surface area contributed by atoms with Gasteiger partial charge in [0.1, 0.15) is 23.6 Å². The van der Waals surface area contributed by atoms with Crippen LogP contribution in [-0.4, -0.2) is 94.3 Å². The summed E-state index contributed by atoms with van der Waals surface area (Å²) in [5, 5.41) is 9.44. The number of nitrogens with zero attached hydrogens (tertiary/aromatic N) is 3. The minimum Gasteiger partial charge on any atom is -0.489 e. The molecule has 0 spiro atoms. The van der Waals surface area contributed by atoms with Crippen LogP contribution < -0.4 is 0 Å². The van der Waals surface area contributed by atoms with Gasteiger partial charge in [-0.25, -0.2) is 13.6 Å². The third-order valence-corrected chi connectivity index (χ3v) is 7.45. The molecule has 6 unspecified atom stereocenters. The van der Waals surface area contributed by atoms with E-state index in [4.69, 9.17) is 4.74 Å². The summed E-state index contributed by atoms with van der Waals surface area (Å²) >= 11 is 0. The number of ether oxygens (including phenoxy) is 1. The summed E-state index contributed by atoms with van der Waals surface area (Å²) in [6.45, 7) is 6.35. The van der Waals surface area contributed by atoms with Crippen molar-refractivity contribution in [2.24, 2.45) is 5.92 Å². The van der Waals surface area contributed by atoms with E-state index >= 15 is 8.78 Å². The van der Waals surface area contributed by atoms with E-state index in [2.05, 4.69) is 4.90 Å². The van der Waals surface area contributed by atoms with Crippen molar-refractivity contribution in [2.75, 3.05) is 26.2 Å². The third-order valence-electron chi connectivity index (χ3n) is 7.45. The molecule has 2 saturated carbocycles. The van der Waals surface area contributed by atoms with Gasteiger partial charge in [0.25, 0.3) is 0 Å². The number of hydrogen-bond acceptors (Lipinski definition) is 6. The Morgan fingerprint density at radius 1 is 1.07 bits per heavy atom. The molecule has 3 aliphatic heterocycles. The Morgan fingerprint density at radius 3 is 2.30 bits per heavy atom. The number of halogens is 2. The zero-order valence-corrected chi connectivity index (χ0v) is 17.1. The van der Waals surface area contributed by atoms with Gasteiger partial charge in [0, 0.05) is 38.4 Å². The molecule has 30 heavy (non-hydrogen) atoms. The lowest BCUT2D eigenvalue weighted by molar-refractivity contribution is -0.162. The number of aliphatic carboxylic acids is 1. The Kier molecular flexibility index (Phi) is 4.66. The maximum absolute atomic E-state index is 15.5. The van der Waals surface area contributed by atoms with Crippen LogP contribution >= 0.6 is 0 Å². The monoisotopic (exact) mass is 423 g/mol. The van der Waals surface area contributed by atoms with Crippen molar-refractivity contribution in [3.05, 3.63) is 23.2 Å². The lowest BCUT2D eigenvalue weighted by atomic mass is 9.70. The second kappa shape index (κ2) is 7.02. The van der Waals surface area contributed by atoms with E-state index in [1.807, 2.05) is 4.90 Å². The van der Waals surface area contributed by atoms with Crippen LogP contribution in [0.1, 0.15) is 26.7 Å². The molecule has 3 fully saturated rings. The van der Waals surface area contributed by atoms with Gasteiger partial charge in [-0.2, -0.15) is 0 Å². The predicted molar refractivity (Wildman–Crippen MR) is 103 cm³/mol. The molecule has 0 bridgehead atoms. The number of ketones is 1.